The van der Waals surface area contributed by atoms with Gasteiger partial charge in [-0.15, -0.1) is 0 Å². The van der Waals surface area contributed by atoms with Gasteiger partial charge in [0.05, 0.1) is 11.1 Å². The molecule has 6 nitrogen and oxygen atoms in total. The normalized spacial score (nSPS) is 13.1. The lowest BCUT2D eigenvalue weighted by molar-refractivity contribution is 0.0636. The van der Waals surface area contributed by atoms with Gasteiger partial charge in [-0.25, -0.2) is 4.79 Å². The topological polar surface area (TPSA) is 78.5 Å². The number of hydrogen-bond donors (Lipinski definition) is 2. The maximum atomic E-state index is 12.5. The summed E-state index contributed by atoms with van der Waals surface area (Å²) in [4.78, 5) is 38.5. The van der Waals surface area contributed by atoms with E-state index < -0.39 is 6.03 Å². The van der Waals surface area contributed by atoms with Crippen LogP contribution in [0.1, 0.15) is 45.7 Å². The SMILES string of the molecule is Cc1ccc(NC(=O)Nc2ccc3c(c2)C(=O)N(CC(C)C)C3=O)c(C)c1. The quantitative estimate of drug-likeness (QED) is 0.797. The number of benzene rings is 2. The van der Waals surface area contributed by atoms with E-state index >= 15 is 0 Å². The molecule has 0 spiro atoms. The number of anilines is 2. The number of urea groups is 1. The van der Waals surface area contributed by atoms with Crippen LogP contribution in [0.3, 0.4) is 0 Å². The second-order valence-corrected chi connectivity index (χ2v) is 7.27. The van der Waals surface area contributed by atoms with Gasteiger partial charge in [-0.1, -0.05) is 31.5 Å². The highest BCUT2D eigenvalue weighted by Crippen LogP contribution is 2.26. The first-order valence-corrected chi connectivity index (χ1v) is 8.91. The van der Waals surface area contributed by atoms with E-state index in [4.69, 9.17) is 0 Å². The number of aryl methyl sites for hydroxylation is 2. The van der Waals surface area contributed by atoms with Gasteiger partial charge < -0.3 is 10.6 Å². The van der Waals surface area contributed by atoms with Crippen LogP contribution in [0.5, 0.6) is 0 Å². The highest BCUT2D eigenvalue weighted by Gasteiger charge is 2.35. The van der Waals surface area contributed by atoms with Gasteiger partial charge in [0.2, 0.25) is 0 Å². The van der Waals surface area contributed by atoms with Crippen molar-refractivity contribution in [3.05, 3.63) is 58.7 Å². The fourth-order valence-electron chi connectivity index (χ4n) is 3.14. The summed E-state index contributed by atoms with van der Waals surface area (Å²) in [6.07, 6.45) is 0. The monoisotopic (exact) mass is 365 g/mol. The van der Waals surface area contributed by atoms with E-state index in [1.54, 1.807) is 18.2 Å². The standard InChI is InChI=1S/C21H23N3O3/c1-12(2)11-24-19(25)16-7-6-15(10-17(16)20(24)26)22-21(27)23-18-8-5-13(3)9-14(18)4/h5-10,12H,11H2,1-4H3,(H2,22,23,27). The van der Waals surface area contributed by atoms with Gasteiger partial charge in [0.25, 0.3) is 11.8 Å². The summed E-state index contributed by atoms with van der Waals surface area (Å²) in [6, 6.07) is 10.1. The Morgan fingerprint density at radius 1 is 0.963 bits per heavy atom. The van der Waals surface area contributed by atoms with Crippen molar-refractivity contribution in [1.29, 1.82) is 0 Å². The third-order valence-electron chi connectivity index (χ3n) is 4.41. The Kier molecular flexibility index (Phi) is 4.99. The molecule has 140 valence electrons. The Hall–Kier alpha value is -3.15. The zero-order valence-corrected chi connectivity index (χ0v) is 15.9. The number of fused-ring (bicyclic) bond motifs is 1. The summed E-state index contributed by atoms with van der Waals surface area (Å²) in [6.45, 7) is 8.19. The Bertz CT molecular complexity index is 934. The lowest BCUT2D eigenvalue weighted by Crippen LogP contribution is -2.33. The molecule has 0 aliphatic carbocycles. The van der Waals surface area contributed by atoms with E-state index in [0.717, 1.165) is 11.1 Å². The molecule has 0 aromatic heterocycles. The Morgan fingerprint density at radius 3 is 2.33 bits per heavy atom. The van der Waals surface area contributed by atoms with Gasteiger partial charge in [0.1, 0.15) is 0 Å². The number of rotatable bonds is 4. The van der Waals surface area contributed by atoms with Crippen molar-refractivity contribution < 1.29 is 14.4 Å². The van der Waals surface area contributed by atoms with Crippen LogP contribution in [-0.2, 0) is 0 Å². The molecular formula is C21H23N3O3. The highest BCUT2D eigenvalue weighted by atomic mass is 16.2. The van der Waals surface area contributed by atoms with E-state index in [0.29, 0.717) is 29.0 Å². The highest BCUT2D eigenvalue weighted by molar-refractivity contribution is 6.22. The third kappa shape index (κ3) is 3.84. The van der Waals surface area contributed by atoms with E-state index in [9.17, 15) is 14.4 Å². The molecule has 0 bridgehead atoms. The molecule has 0 unspecified atom stereocenters. The molecule has 0 saturated heterocycles. The van der Waals surface area contributed by atoms with Crippen LogP contribution >= 0.6 is 0 Å². The number of carbonyl (C=O) groups is 3. The molecule has 2 aromatic rings. The van der Waals surface area contributed by atoms with Crippen LogP contribution in [0, 0.1) is 19.8 Å². The molecule has 6 heteroatoms. The van der Waals surface area contributed by atoms with Gasteiger partial charge in [0, 0.05) is 17.9 Å². The fourth-order valence-corrected chi connectivity index (χ4v) is 3.14. The zero-order valence-electron chi connectivity index (χ0n) is 15.9. The molecule has 2 aromatic carbocycles. The molecule has 1 heterocycles. The molecule has 4 amide bonds. The minimum absolute atomic E-state index is 0.188. The maximum Gasteiger partial charge on any atom is 0.323 e. The molecule has 1 aliphatic rings. The predicted octanol–water partition coefficient (Wildman–Crippen LogP) is 4.20. The number of hydrogen-bond acceptors (Lipinski definition) is 3. The van der Waals surface area contributed by atoms with Gasteiger partial charge in [-0.2, -0.15) is 0 Å². The summed E-state index contributed by atoms with van der Waals surface area (Å²) in [5.41, 5.74) is 3.96. The number of imide groups is 1. The molecule has 0 fully saturated rings. The average molecular weight is 365 g/mol. The summed E-state index contributed by atoms with van der Waals surface area (Å²) in [5.74, 6) is -0.412. The largest absolute Gasteiger partial charge is 0.323 e. The van der Waals surface area contributed by atoms with Gasteiger partial charge >= 0.3 is 6.03 Å². The number of nitrogens with one attached hydrogen (secondary N) is 2. The van der Waals surface area contributed by atoms with Crippen molar-refractivity contribution in [2.45, 2.75) is 27.7 Å². The van der Waals surface area contributed by atoms with Crippen molar-refractivity contribution in [3.63, 3.8) is 0 Å². The molecule has 0 saturated carbocycles. The first-order chi connectivity index (χ1) is 12.8. The molecule has 27 heavy (non-hydrogen) atoms. The summed E-state index contributed by atoms with van der Waals surface area (Å²) in [5, 5.41) is 5.52. The van der Waals surface area contributed by atoms with Gasteiger partial charge in [0.15, 0.2) is 0 Å². The third-order valence-corrected chi connectivity index (χ3v) is 4.41. The minimum atomic E-state index is -0.405. The van der Waals surface area contributed by atoms with Crippen LogP contribution in [0.15, 0.2) is 36.4 Å². The first kappa shape index (κ1) is 18.6. The van der Waals surface area contributed by atoms with Crippen LogP contribution in [0.4, 0.5) is 16.2 Å². The minimum Gasteiger partial charge on any atom is -0.308 e. The van der Waals surface area contributed by atoms with Crippen molar-refractivity contribution in [3.8, 4) is 0 Å². The summed E-state index contributed by atoms with van der Waals surface area (Å²) in [7, 11) is 0. The molecule has 0 radical (unpaired) electrons. The lowest BCUT2D eigenvalue weighted by atomic mass is 10.1. The first-order valence-electron chi connectivity index (χ1n) is 8.91. The van der Waals surface area contributed by atoms with E-state index in [1.165, 1.54) is 4.90 Å². The van der Waals surface area contributed by atoms with E-state index in [2.05, 4.69) is 10.6 Å². The molecular weight excluding hydrogens is 342 g/mol. The smallest absolute Gasteiger partial charge is 0.308 e. The lowest BCUT2D eigenvalue weighted by Gasteiger charge is -2.15. The van der Waals surface area contributed by atoms with Gasteiger partial charge in [-0.05, 0) is 49.6 Å². The second-order valence-electron chi connectivity index (χ2n) is 7.27. The fraction of sp³-hybridized carbons (Fsp3) is 0.286. The van der Waals surface area contributed by atoms with Crippen molar-refractivity contribution in [2.75, 3.05) is 17.2 Å². The van der Waals surface area contributed by atoms with Crippen LogP contribution in [0.2, 0.25) is 0 Å². The van der Waals surface area contributed by atoms with Crippen molar-refractivity contribution in [1.82, 2.24) is 4.90 Å². The van der Waals surface area contributed by atoms with Crippen molar-refractivity contribution in [2.24, 2.45) is 5.92 Å². The number of nitrogens with zero attached hydrogens (tertiary/aromatic N) is 1. The van der Waals surface area contributed by atoms with E-state index in [-0.39, 0.29) is 17.7 Å². The molecule has 0 atom stereocenters. The van der Waals surface area contributed by atoms with Crippen LogP contribution < -0.4 is 10.6 Å². The molecule has 3 rings (SSSR count). The maximum absolute atomic E-state index is 12.5. The number of carbonyl (C=O) groups excluding carboxylic acids is 3. The summed E-state index contributed by atoms with van der Waals surface area (Å²) < 4.78 is 0. The summed E-state index contributed by atoms with van der Waals surface area (Å²) >= 11 is 0. The number of amides is 4. The van der Waals surface area contributed by atoms with E-state index in [1.807, 2.05) is 45.9 Å². The zero-order chi connectivity index (χ0) is 19.7. The van der Waals surface area contributed by atoms with Gasteiger partial charge in [-0.3, -0.25) is 14.5 Å². The van der Waals surface area contributed by atoms with Crippen LogP contribution in [0.25, 0.3) is 0 Å². The Labute approximate surface area is 158 Å². The van der Waals surface area contributed by atoms with Crippen molar-refractivity contribution >= 4 is 29.2 Å². The Morgan fingerprint density at radius 2 is 1.67 bits per heavy atom. The second kappa shape index (κ2) is 7.23. The molecule has 2 N–H and O–H groups in total. The Balaban J connectivity index is 1.75. The van der Waals surface area contributed by atoms with Crippen LogP contribution in [-0.4, -0.2) is 29.3 Å². The molecule has 1 aliphatic heterocycles. The average Bonchev–Trinajstić information content (AvgIpc) is 2.82. The predicted molar refractivity (Wildman–Crippen MR) is 105 cm³/mol.